The highest BCUT2D eigenvalue weighted by Crippen LogP contribution is 2.18. The Morgan fingerprint density at radius 3 is 2.36 bits per heavy atom. The maximum atomic E-state index is 11.0. The lowest BCUT2D eigenvalue weighted by Crippen LogP contribution is -2.21. The molecule has 0 unspecified atom stereocenters. The first-order valence-corrected chi connectivity index (χ1v) is 4.78. The summed E-state index contributed by atoms with van der Waals surface area (Å²) in [6.07, 6.45) is 0. The van der Waals surface area contributed by atoms with E-state index in [4.69, 9.17) is 0 Å². The molecule has 74 valence electrons. The third-order valence-corrected chi connectivity index (χ3v) is 2.42. The van der Waals surface area contributed by atoms with Crippen molar-refractivity contribution in [3.63, 3.8) is 0 Å². The lowest BCUT2D eigenvalue weighted by atomic mass is 10.0. The maximum absolute atomic E-state index is 11.0. The number of hydrogen-bond donors (Lipinski definition) is 2. The molecule has 1 aromatic carbocycles. The van der Waals surface area contributed by atoms with Crippen molar-refractivity contribution >= 4 is 6.03 Å². The van der Waals surface area contributed by atoms with E-state index in [1.165, 1.54) is 16.7 Å². The van der Waals surface area contributed by atoms with Crippen molar-refractivity contribution in [3.8, 4) is 0 Å². The van der Waals surface area contributed by atoms with E-state index in [-0.39, 0.29) is 12.1 Å². The summed E-state index contributed by atoms with van der Waals surface area (Å²) in [6.45, 7) is 4.82. The first-order valence-electron chi connectivity index (χ1n) is 4.78. The molecule has 1 aliphatic rings. The second-order valence-electron chi connectivity index (χ2n) is 3.83. The molecule has 1 atom stereocenters. The lowest BCUT2D eigenvalue weighted by Gasteiger charge is -2.10. The number of rotatable bonds is 1. The molecule has 1 aromatic rings. The third kappa shape index (κ3) is 1.71. The highest BCUT2D eigenvalue weighted by atomic mass is 16.2. The van der Waals surface area contributed by atoms with E-state index in [1.807, 2.05) is 0 Å². The Balaban J connectivity index is 2.27. The van der Waals surface area contributed by atoms with Gasteiger partial charge in [0.1, 0.15) is 0 Å². The van der Waals surface area contributed by atoms with Crippen LogP contribution >= 0.6 is 0 Å². The van der Waals surface area contributed by atoms with E-state index in [0.29, 0.717) is 6.54 Å². The van der Waals surface area contributed by atoms with Gasteiger partial charge in [-0.3, -0.25) is 0 Å². The van der Waals surface area contributed by atoms with Gasteiger partial charge in [-0.2, -0.15) is 0 Å². The fraction of sp³-hybridized carbons (Fsp3) is 0.364. The number of carbonyl (C=O) groups excluding carboxylic acids is 1. The molecule has 1 saturated heterocycles. The SMILES string of the molecule is Cc1cc(C)cc([C@H]2CNC(=O)N2)c1. The fourth-order valence-corrected chi connectivity index (χ4v) is 1.87. The Hall–Kier alpha value is -1.51. The molecule has 1 aliphatic heterocycles. The van der Waals surface area contributed by atoms with Gasteiger partial charge in [-0.05, 0) is 19.4 Å². The van der Waals surface area contributed by atoms with Gasteiger partial charge in [-0.1, -0.05) is 29.3 Å². The number of amides is 2. The molecule has 2 N–H and O–H groups in total. The van der Waals surface area contributed by atoms with E-state index in [2.05, 4.69) is 42.7 Å². The predicted octanol–water partition coefficient (Wildman–Crippen LogP) is 1.66. The first-order chi connectivity index (χ1) is 6.65. The summed E-state index contributed by atoms with van der Waals surface area (Å²) in [5.41, 5.74) is 3.66. The molecule has 0 aliphatic carbocycles. The van der Waals surface area contributed by atoms with E-state index in [9.17, 15) is 4.79 Å². The summed E-state index contributed by atoms with van der Waals surface area (Å²) >= 11 is 0. The van der Waals surface area contributed by atoms with Crippen LogP contribution < -0.4 is 10.6 Å². The Labute approximate surface area is 83.5 Å². The number of urea groups is 1. The number of nitrogens with one attached hydrogen (secondary N) is 2. The Morgan fingerprint density at radius 2 is 1.86 bits per heavy atom. The minimum Gasteiger partial charge on any atom is -0.336 e. The second kappa shape index (κ2) is 3.33. The van der Waals surface area contributed by atoms with Crippen molar-refractivity contribution in [3.05, 3.63) is 34.9 Å². The van der Waals surface area contributed by atoms with Gasteiger partial charge in [0.15, 0.2) is 0 Å². The fourth-order valence-electron chi connectivity index (χ4n) is 1.87. The van der Waals surface area contributed by atoms with E-state index in [0.717, 1.165) is 0 Å². The predicted molar refractivity (Wildman–Crippen MR) is 55.2 cm³/mol. The Bertz CT molecular complexity index is 353. The zero-order valence-electron chi connectivity index (χ0n) is 8.42. The molecule has 0 saturated carbocycles. The topological polar surface area (TPSA) is 41.1 Å². The summed E-state index contributed by atoms with van der Waals surface area (Å²) in [5, 5.41) is 5.63. The highest BCUT2D eigenvalue weighted by molar-refractivity contribution is 5.76. The van der Waals surface area contributed by atoms with Gasteiger partial charge in [0, 0.05) is 6.54 Å². The number of carbonyl (C=O) groups is 1. The molecule has 1 heterocycles. The number of aryl methyl sites for hydroxylation is 2. The van der Waals surface area contributed by atoms with Crippen LogP contribution in [0.5, 0.6) is 0 Å². The molecule has 2 rings (SSSR count). The van der Waals surface area contributed by atoms with Crippen molar-refractivity contribution in [1.82, 2.24) is 10.6 Å². The van der Waals surface area contributed by atoms with Gasteiger partial charge in [-0.25, -0.2) is 4.79 Å². The summed E-state index contributed by atoms with van der Waals surface area (Å²) in [5.74, 6) is 0. The van der Waals surface area contributed by atoms with Crippen LogP contribution in [-0.4, -0.2) is 12.6 Å². The van der Waals surface area contributed by atoms with Crippen molar-refractivity contribution in [2.75, 3.05) is 6.54 Å². The van der Waals surface area contributed by atoms with E-state index >= 15 is 0 Å². The average molecular weight is 190 g/mol. The Morgan fingerprint density at radius 1 is 1.21 bits per heavy atom. The molecule has 0 spiro atoms. The van der Waals surface area contributed by atoms with Gasteiger partial charge in [0.2, 0.25) is 0 Å². The average Bonchev–Trinajstić information content (AvgIpc) is 2.50. The highest BCUT2D eigenvalue weighted by Gasteiger charge is 2.21. The third-order valence-electron chi connectivity index (χ3n) is 2.42. The first kappa shape index (κ1) is 9.06. The van der Waals surface area contributed by atoms with E-state index < -0.39 is 0 Å². The van der Waals surface area contributed by atoms with Crippen LogP contribution in [0.15, 0.2) is 18.2 Å². The minimum absolute atomic E-state index is 0.0749. The molecule has 2 amide bonds. The van der Waals surface area contributed by atoms with Crippen LogP contribution in [0.2, 0.25) is 0 Å². The van der Waals surface area contributed by atoms with Crippen molar-refractivity contribution in [1.29, 1.82) is 0 Å². The number of hydrogen-bond acceptors (Lipinski definition) is 1. The van der Waals surface area contributed by atoms with Crippen LogP contribution in [-0.2, 0) is 0 Å². The smallest absolute Gasteiger partial charge is 0.315 e. The lowest BCUT2D eigenvalue weighted by molar-refractivity contribution is 0.247. The second-order valence-corrected chi connectivity index (χ2v) is 3.83. The van der Waals surface area contributed by atoms with Crippen molar-refractivity contribution < 1.29 is 4.79 Å². The summed E-state index contributed by atoms with van der Waals surface area (Å²) in [4.78, 5) is 11.0. The quantitative estimate of drug-likeness (QED) is 0.694. The van der Waals surface area contributed by atoms with Gasteiger partial charge >= 0.3 is 6.03 Å². The molecule has 0 aromatic heterocycles. The minimum atomic E-state index is -0.0749. The molecule has 0 bridgehead atoms. The van der Waals surface area contributed by atoms with Gasteiger partial charge in [0.05, 0.1) is 6.04 Å². The Kier molecular flexibility index (Phi) is 2.15. The monoisotopic (exact) mass is 190 g/mol. The normalized spacial score (nSPS) is 20.4. The summed E-state index contributed by atoms with van der Waals surface area (Å²) in [6, 6.07) is 6.42. The number of benzene rings is 1. The molecule has 3 nitrogen and oxygen atoms in total. The molecule has 3 heteroatoms. The van der Waals surface area contributed by atoms with Crippen LogP contribution in [0, 0.1) is 13.8 Å². The largest absolute Gasteiger partial charge is 0.336 e. The maximum Gasteiger partial charge on any atom is 0.315 e. The van der Waals surface area contributed by atoms with Crippen molar-refractivity contribution in [2.45, 2.75) is 19.9 Å². The zero-order valence-corrected chi connectivity index (χ0v) is 8.42. The molecule has 1 fully saturated rings. The summed E-state index contributed by atoms with van der Waals surface area (Å²) in [7, 11) is 0. The van der Waals surface area contributed by atoms with Crippen LogP contribution in [0.3, 0.4) is 0 Å². The van der Waals surface area contributed by atoms with Crippen molar-refractivity contribution in [2.24, 2.45) is 0 Å². The summed E-state index contributed by atoms with van der Waals surface area (Å²) < 4.78 is 0. The zero-order chi connectivity index (χ0) is 10.1. The molecular weight excluding hydrogens is 176 g/mol. The van der Waals surface area contributed by atoms with Gasteiger partial charge in [-0.15, -0.1) is 0 Å². The standard InChI is InChI=1S/C11H14N2O/c1-7-3-8(2)5-9(4-7)10-6-12-11(14)13-10/h3-5,10H,6H2,1-2H3,(H2,12,13,14)/t10-/m1/s1. The molecule has 14 heavy (non-hydrogen) atoms. The molecule has 0 radical (unpaired) electrons. The van der Waals surface area contributed by atoms with Crippen LogP contribution in [0.4, 0.5) is 4.79 Å². The van der Waals surface area contributed by atoms with E-state index in [1.54, 1.807) is 0 Å². The van der Waals surface area contributed by atoms with Crippen LogP contribution in [0.25, 0.3) is 0 Å². The van der Waals surface area contributed by atoms with Gasteiger partial charge < -0.3 is 10.6 Å². The molecular formula is C11H14N2O. The van der Waals surface area contributed by atoms with Crippen LogP contribution in [0.1, 0.15) is 22.7 Å². The van der Waals surface area contributed by atoms with Gasteiger partial charge in [0.25, 0.3) is 0 Å².